The van der Waals surface area contributed by atoms with Crippen LogP contribution in [0.3, 0.4) is 0 Å². The lowest BCUT2D eigenvalue weighted by molar-refractivity contribution is -0.142. The molecule has 1 saturated heterocycles. The zero-order chi connectivity index (χ0) is 16.1. The highest BCUT2D eigenvalue weighted by molar-refractivity contribution is 5.67. The Labute approximate surface area is 133 Å². The standard InChI is InChI=1S/C15H18N4O4/c20-14(21)10-22-9-13-17-18-15(23-13)11-4-7-19(8-5-11)12-3-1-2-6-16-12/h1-3,6,11H,4-5,7-10H2,(H,20,21). The molecule has 0 aromatic carbocycles. The summed E-state index contributed by atoms with van der Waals surface area (Å²) in [6.07, 6.45) is 3.62. The Bertz CT molecular complexity index is 638. The third-order valence-electron chi connectivity index (χ3n) is 3.75. The van der Waals surface area contributed by atoms with Gasteiger partial charge in [0, 0.05) is 25.2 Å². The smallest absolute Gasteiger partial charge is 0.329 e. The third-order valence-corrected chi connectivity index (χ3v) is 3.75. The molecule has 3 rings (SSSR count). The number of carbonyl (C=O) groups is 1. The molecular weight excluding hydrogens is 300 g/mol. The van der Waals surface area contributed by atoms with Crippen molar-refractivity contribution in [3.05, 3.63) is 36.2 Å². The van der Waals surface area contributed by atoms with Crippen molar-refractivity contribution in [1.29, 1.82) is 0 Å². The van der Waals surface area contributed by atoms with E-state index in [1.54, 1.807) is 6.20 Å². The number of aliphatic carboxylic acids is 1. The molecule has 0 atom stereocenters. The molecule has 1 fully saturated rings. The van der Waals surface area contributed by atoms with Crippen molar-refractivity contribution >= 4 is 11.8 Å². The lowest BCUT2D eigenvalue weighted by Gasteiger charge is -2.31. The molecule has 2 aromatic rings. The predicted octanol–water partition coefficient (Wildman–Crippen LogP) is 1.45. The van der Waals surface area contributed by atoms with Gasteiger partial charge in [-0.15, -0.1) is 10.2 Å². The van der Waals surface area contributed by atoms with Crippen molar-refractivity contribution in [1.82, 2.24) is 15.2 Å². The van der Waals surface area contributed by atoms with Crippen molar-refractivity contribution in [3.8, 4) is 0 Å². The number of hydrogen-bond acceptors (Lipinski definition) is 7. The highest BCUT2D eigenvalue weighted by Crippen LogP contribution is 2.28. The average molecular weight is 318 g/mol. The van der Waals surface area contributed by atoms with E-state index in [2.05, 4.69) is 20.1 Å². The first-order valence-electron chi connectivity index (χ1n) is 7.50. The lowest BCUT2D eigenvalue weighted by Crippen LogP contribution is -2.33. The van der Waals surface area contributed by atoms with Gasteiger partial charge in [0.25, 0.3) is 0 Å². The molecule has 1 N–H and O–H groups in total. The number of hydrogen-bond donors (Lipinski definition) is 1. The minimum Gasteiger partial charge on any atom is -0.480 e. The summed E-state index contributed by atoms with van der Waals surface area (Å²) in [5.41, 5.74) is 0. The number of pyridine rings is 1. The molecule has 3 heterocycles. The fourth-order valence-corrected chi connectivity index (χ4v) is 2.61. The van der Waals surface area contributed by atoms with E-state index in [0.717, 1.165) is 31.7 Å². The van der Waals surface area contributed by atoms with Gasteiger partial charge in [0.15, 0.2) is 0 Å². The molecule has 0 aliphatic carbocycles. The van der Waals surface area contributed by atoms with Gasteiger partial charge < -0.3 is 19.2 Å². The number of carboxylic acid groups (broad SMARTS) is 1. The van der Waals surface area contributed by atoms with Crippen LogP contribution in [0, 0.1) is 0 Å². The molecule has 1 aliphatic heterocycles. The summed E-state index contributed by atoms with van der Waals surface area (Å²) in [5.74, 6) is 1.09. The number of piperidine rings is 1. The monoisotopic (exact) mass is 318 g/mol. The van der Waals surface area contributed by atoms with E-state index >= 15 is 0 Å². The highest BCUT2D eigenvalue weighted by atomic mass is 16.5. The molecule has 8 heteroatoms. The van der Waals surface area contributed by atoms with E-state index < -0.39 is 5.97 Å². The number of ether oxygens (including phenoxy) is 1. The van der Waals surface area contributed by atoms with E-state index in [1.165, 1.54) is 0 Å². The topological polar surface area (TPSA) is 102 Å². The van der Waals surface area contributed by atoms with Gasteiger partial charge in [-0.1, -0.05) is 6.07 Å². The summed E-state index contributed by atoms with van der Waals surface area (Å²) < 4.78 is 10.5. The van der Waals surface area contributed by atoms with Crippen molar-refractivity contribution in [2.45, 2.75) is 25.4 Å². The summed E-state index contributed by atoms with van der Waals surface area (Å²) in [7, 11) is 0. The SMILES string of the molecule is O=C(O)COCc1nnc(C2CCN(c3ccccn3)CC2)o1. The molecule has 23 heavy (non-hydrogen) atoms. The van der Waals surface area contributed by atoms with Gasteiger partial charge in [0.05, 0.1) is 0 Å². The van der Waals surface area contributed by atoms with Crippen LogP contribution < -0.4 is 4.90 Å². The van der Waals surface area contributed by atoms with Crippen LogP contribution in [-0.2, 0) is 16.1 Å². The molecular formula is C15H18N4O4. The van der Waals surface area contributed by atoms with Crippen molar-refractivity contribution < 1.29 is 19.1 Å². The molecule has 0 unspecified atom stereocenters. The van der Waals surface area contributed by atoms with Crippen LogP contribution in [0.5, 0.6) is 0 Å². The molecule has 0 spiro atoms. The van der Waals surface area contributed by atoms with E-state index in [4.69, 9.17) is 14.3 Å². The molecule has 8 nitrogen and oxygen atoms in total. The van der Waals surface area contributed by atoms with Crippen LogP contribution in [0.25, 0.3) is 0 Å². The van der Waals surface area contributed by atoms with E-state index in [1.807, 2.05) is 18.2 Å². The summed E-state index contributed by atoms with van der Waals surface area (Å²) in [5, 5.41) is 16.5. The third kappa shape index (κ3) is 4.04. The van der Waals surface area contributed by atoms with Crippen LogP contribution in [0.2, 0.25) is 0 Å². The molecule has 0 saturated carbocycles. The summed E-state index contributed by atoms with van der Waals surface area (Å²) in [6.45, 7) is 1.41. The van der Waals surface area contributed by atoms with E-state index in [0.29, 0.717) is 11.8 Å². The number of aromatic nitrogens is 3. The Morgan fingerprint density at radius 2 is 2.17 bits per heavy atom. The Balaban J connectivity index is 1.52. The number of nitrogens with zero attached hydrogens (tertiary/aromatic N) is 4. The first kappa shape index (κ1) is 15.4. The maximum absolute atomic E-state index is 10.4. The maximum atomic E-state index is 10.4. The Morgan fingerprint density at radius 1 is 1.35 bits per heavy atom. The molecule has 122 valence electrons. The van der Waals surface area contributed by atoms with Gasteiger partial charge in [-0.2, -0.15) is 0 Å². The summed E-state index contributed by atoms with van der Waals surface area (Å²) in [6, 6.07) is 5.89. The fourth-order valence-electron chi connectivity index (χ4n) is 2.61. The van der Waals surface area contributed by atoms with Gasteiger partial charge in [0.2, 0.25) is 11.8 Å². The zero-order valence-electron chi connectivity index (χ0n) is 12.6. The Hall–Kier alpha value is -2.48. The van der Waals surface area contributed by atoms with Gasteiger partial charge >= 0.3 is 5.97 Å². The fraction of sp³-hybridized carbons (Fsp3) is 0.467. The first-order chi connectivity index (χ1) is 11.2. The lowest BCUT2D eigenvalue weighted by atomic mass is 9.97. The van der Waals surface area contributed by atoms with Crippen LogP contribution >= 0.6 is 0 Å². The highest BCUT2D eigenvalue weighted by Gasteiger charge is 2.25. The molecule has 1 aliphatic rings. The number of anilines is 1. The van der Waals surface area contributed by atoms with Crippen molar-refractivity contribution in [2.24, 2.45) is 0 Å². The van der Waals surface area contributed by atoms with E-state index in [9.17, 15) is 4.79 Å². The van der Waals surface area contributed by atoms with Crippen molar-refractivity contribution in [3.63, 3.8) is 0 Å². The average Bonchev–Trinajstić information content (AvgIpc) is 3.04. The summed E-state index contributed by atoms with van der Waals surface area (Å²) >= 11 is 0. The van der Waals surface area contributed by atoms with Crippen LogP contribution in [0.1, 0.15) is 30.5 Å². The molecule has 0 radical (unpaired) electrons. The van der Waals surface area contributed by atoms with Crippen LogP contribution in [0.4, 0.5) is 5.82 Å². The van der Waals surface area contributed by atoms with Crippen molar-refractivity contribution in [2.75, 3.05) is 24.6 Å². The second-order valence-corrected chi connectivity index (χ2v) is 5.37. The first-order valence-corrected chi connectivity index (χ1v) is 7.50. The van der Waals surface area contributed by atoms with Gasteiger partial charge in [-0.05, 0) is 25.0 Å². The Morgan fingerprint density at radius 3 is 2.87 bits per heavy atom. The van der Waals surface area contributed by atoms with Gasteiger partial charge in [-0.3, -0.25) is 0 Å². The minimum atomic E-state index is -1.02. The number of carboxylic acids is 1. The number of rotatable bonds is 6. The predicted molar refractivity (Wildman–Crippen MR) is 80.0 cm³/mol. The van der Waals surface area contributed by atoms with Crippen LogP contribution in [0.15, 0.2) is 28.8 Å². The molecule has 2 aromatic heterocycles. The van der Waals surface area contributed by atoms with Gasteiger partial charge in [-0.25, -0.2) is 9.78 Å². The van der Waals surface area contributed by atoms with Crippen LogP contribution in [-0.4, -0.2) is 46.0 Å². The quantitative estimate of drug-likeness (QED) is 0.854. The second-order valence-electron chi connectivity index (χ2n) is 5.37. The maximum Gasteiger partial charge on any atom is 0.329 e. The van der Waals surface area contributed by atoms with Gasteiger partial charge in [0.1, 0.15) is 19.0 Å². The minimum absolute atomic E-state index is 0.0199. The van der Waals surface area contributed by atoms with E-state index in [-0.39, 0.29) is 19.1 Å². The molecule has 0 bridgehead atoms. The Kier molecular flexibility index (Phi) is 4.82. The second kappa shape index (κ2) is 7.19. The zero-order valence-corrected chi connectivity index (χ0v) is 12.6. The summed E-state index contributed by atoms with van der Waals surface area (Å²) in [4.78, 5) is 17.0. The molecule has 0 amide bonds. The normalized spacial score (nSPS) is 15.7. The largest absolute Gasteiger partial charge is 0.480 e.